The Morgan fingerprint density at radius 1 is 1.00 bits per heavy atom. The van der Waals surface area contributed by atoms with Crippen molar-refractivity contribution in [3.05, 3.63) is 57.3 Å². The lowest BCUT2D eigenvalue weighted by atomic mass is 10.1. The minimum absolute atomic E-state index is 0.0156. The number of thiophene rings is 1. The molecule has 2 N–H and O–H groups in total. The summed E-state index contributed by atoms with van der Waals surface area (Å²) in [5.41, 5.74) is 2.46. The van der Waals surface area contributed by atoms with Gasteiger partial charge in [-0.1, -0.05) is 6.08 Å². The van der Waals surface area contributed by atoms with Crippen molar-refractivity contribution in [1.29, 1.82) is 0 Å². The maximum Gasteiger partial charge on any atom is 0.264 e. The van der Waals surface area contributed by atoms with Crippen LogP contribution in [0.15, 0.2) is 46.4 Å². The van der Waals surface area contributed by atoms with E-state index in [1.807, 2.05) is 52.4 Å². The number of aliphatic imine (C=N–C) groups is 2. The molecule has 2 aromatic rings. The molecule has 188 valence electrons. The average molecular weight is 507 g/mol. The zero-order chi connectivity index (χ0) is 24.7. The molecular weight excluding hydrogens is 476 g/mol. The van der Waals surface area contributed by atoms with Gasteiger partial charge in [-0.3, -0.25) is 9.59 Å². The van der Waals surface area contributed by atoms with E-state index in [4.69, 9.17) is 9.73 Å². The lowest BCUT2D eigenvalue weighted by Crippen LogP contribution is -2.46. The van der Waals surface area contributed by atoms with Gasteiger partial charge in [0.15, 0.2) is 0 Å². The lowest BCUT2D eigenvalue weighted by Gasteiger charge is -2.26. The first-order chi connectivity index (χ1) is 17.7. The highest BCUT2D eigenvalue weighted by atomic mass is 32.1. The molecule has 4 heterocycles. The van der Waals surface area contributed by atoms with Crippen molar-refractivity contribution in [2.45, 2.75) is 13.0 Å². The Bertz CT molecular complexity index is 1170. The number of carbonyl (C=O) groups excluding carboxylic acids is 2. The average Bonchev–Trinajstić information content (AvgIpc) is 3.35. The highest BCUT2D eigenvalue weighted by Crippen LogP contribution is 2.27. The Kier molecular flexibility index (Phi) is 7.85. The number of hydrogen-bond acceptors (Lipinski definition) is 8. The van der Waals surface area contributed by atoms with Crippen molar-refractivity contribution >= 4 is 47.1 Å². The van der Waals surface area contributed by atoms with E-state index >= 15 is 0 Å². The molecule has 1 aromatic carbocycles. The molecule has 0 spiro atoms. The fourth-order valence-corrected chi connectivity index (χ4v) is 5.33. The number of anilines is 1. The predicted octanol–water partition coefficient (Wildman–Crippen LogP) is 2.72. The van der Waals surface area contributed by atoms with Gasteiger partial charge in [0.1, 0.15) is 0 Å². The maximum atomic E-state index is 13.0. The van der Waals surface area contributed by atoms with Gasteiger partial charge >= 0.3 is 0 Å². The van der Waals surface area contributed by atoms with Crippen molar-refractivity contribution < 1.29 is 14.3 Å². The van der Waals surface area contributed by atoms with Gasteiger partial charge in [0.2, 0.25) is 5.96 Å². The fraction of sp³-hybridized carbons (Fsp3) is 0.385. The summed E-state index contributed by atoms with van der Waals surface area (Å²) in [6.07, 6.45) is 6.57. The normalized spacial score (nSPS) is 21.6. The second kappa shape index (κ2) is 11.6. The number of fused-ring (bicyclic) bond motifs is 1. The van der Waals surface area contributed by atoms with Crippen LogP contribution >= 0.6 is 11.3 Å². The van der Waals surface area contributed by atoms with Crippen LogP contribution in [0.2, 0.25) is 0 Å². The van der Waals surface area contributed by atoms with E-state index in [1.54, 1.807) is 0 Å². The molecule has 0 saturated carbocycles. The number of guanidine groups is 1. The second-order valence-corrected chi connectivity index (χ2v) is 9.82. The Balaban J connectivity index is 1.28. The van der Waals surface area contributed by atoms with Crippen LogP contribution in [0.5, 0.6) is 0 Å². The molecule has 0 aliphatic carbocycles. The number of rotatable bonds is 3. The van der Waals surface area contributed by atoms with Gasteiger partial charge in [0.05, 0.1) is 24.6 Å². The molecule has 2 amide bonds. The Morgan fingerprint density at radius 2 is 1.75 bits per heavy atom. The third-order valence-corrected chi connectivity index (χ3v) is 7.40. The van der Waals surface area contributed by atoms with Crippen LogP contribution < -0.4 is 10.6 Å². The summed E-state index contributed by atoms with van der Waals surface area (Å²) in [5.74, 6) is 0.592. The molecule has 36 heavy (non-hydrogen) atoms. The van der Waals surface area contributed by atoms with Crippen LogP contribution in [0, 0.1) is 0 Å². The van der Waals surface area contributed by atoms with E-state index in [0.717, 1.165) is 47.2 Å². The minimum Gasteiger partial charge on any atom is -0.378 e. The molecule has 2 fully saturated rings. The molecule has 3 aliphatic rings. The second-order valence-electron chi connectivity index (χ2n) is 8.74. The number of morpholine rings is 1. The number of nitrogens with one attached hydrogen (secondary N) is 2. The van der Waals surface area contributed by atoms with Crippen molar-refractivity contribution in [2.75, 3.05) is 57.8 Å². The minimum atomic E-state index is 0.0156. The molecule has 1 aromatic heterocycles. The number of hydrogen-bond donors (Lipinski definition) is 2. The number of piperazine rings is 1. The van der Waals surface area contributed by atoms with E-state index in [-0.39, 0.29) is 11.8 Å². The van der Waals surface area contributed by atoms with E-state index in [9.17, 15) is 9.59 Å². The van der Waals surface area contributed by atoms with E-state index < -0.39 is 0 Å². The van der Waals surface area contributed by atoms with Crippen molar-refractivity contribution in [2.24, 2.45) is 9.98 Å². The van der Waals surface area contributed by atoms with E-state index in [2.05, 4.69) is 21.7 Å². The van der Waals surface area contributed by atoms with Crippen LogP contribution in [0.1, 0.15) is 36.9 Å². The molecular formula is C26H30N6O3S. The smallest absolute Gasteiger partial charge is 0.264 e. The molecule has 3 aliphatic heterocycles. The van der Waals surface area contributed by atoms with Gasteiger partial charge in [-0.2, -0.15) is 0 Å². The highest BCUT2D eigenvalue weighted by Gasteiger charge is 2.21. The molecule has 0 radical (unpaired) electrons. The van der Waals surface area contributed by atoms with Gasteiger partial charge in [-0.15, -0.1) is 11.3 Å². The third kappa shape index (κ3) is 5.89. The number of amides is 2. The SMILES string of the molecule is O=C(c1ccc(NC2=N/Cc3cc(C(=O)N4CCNCC4)sc3/C=C\C/C=N\2)cc1)N1CCOCC1. The molecule has 9 nitrogen and oxygen atoms in total. The first-order valence-electron chi connectivity index (χ1n) is 12.3. The summed E-state index contributed by atoms with van der Waals surface area (Å²) < 4.78 is 5.33. The standard InChI is InChI=1S/C26H30N6O3S/c33-24(32-13-15-35-16-14-32)19-4-6-21(7-5-19)30-26-28-8-2-1-3-22-20(18-29-26)17-23(36-22)25(34)31-11-9-27-10-12-31/h1,3-8,17,27H,2,9-16,18H2,(H,29,30)/b3-1-,28-8-. The van der Waals surface area contributed by atoms with Crippen LogP contribution in [-0.4, -0.2) is 86.3 Å². The third-order valence-electron chi connectivity index (χ3n) is 6.27. The summed E-state index contributed by atoms with van der Waals surface area (Å²) in [7, 11) is 0. The van der Waals surface area contributed by atoms with Crippen LogP contribution in [0.3, 0.4) is 0 Å². The van der Waals surface area contributed by atoms with Gasteiger partial charge in [0.25, 0.3) is 11.8 Å². The molecule has 0 unspecified atom stereocenters. The monoisotopic (exact) mass is 506 g/mol. The zero-order valence-corrected chi connectivity index (χ0v) is 20.9. The van der Waals surface area contributed by atoms with Crippen LogP contribution in [0.25, 0.3) is 6.08 Å². The van der Waals surface area contributed by atoms with E-state index in [0.29, 0.717) is 50.8 Å². The Morgan fingerprint density at radius 3 is 2.53 bits per heavy atom. The van der Waals surface area contributed by atoms with Crippen molar-refractivity contribution in [1.82, 2.24) is 15.1 Å². The number of carbonyl (C=O) groups is 2. The lowest BCUT2D eigenvalue weighted by molar-refractivity contribution is 0.0303. The maximum absolute atomic E-state index is 13.0. The topological polar surface area (TPSA) is 98.6 Å². The van der Waals surface area contributed by atoms with Gasteiger partial charge in [0, 0.05) is 68.0 Å². The first kappa shape index (κ1) is 24.4. The predicted molar refractivity (Wildman–Crippen MR) is 143 cm³/mol. The summed E-state index contributed by atoms with van der Waals surface area (Å²) in [6.45, 7) is 5.93. The summed E-state index contributed by atoms with van der Waals surface area (Å²) in [6, 6.07) is 9.33. The van der Waals surface area contributed by atoms with Crippen LogP contribution in [0.4, 0.5) is 5.69 Å². The summed E-state index contributed by atoms with van der Waals surface area (Å²) in [4.78, 5) is 40.4. The highest BCUT2D eigenvalue weighted by molar-refractivity contribution is 7.15. The molecule has 10 heteroatoms. The van der Waals surface area contributed by atoms with Crippen molar-refractivity contribution in [3.63, 3.8) is 0 Å². The molecule has 2 saturated heterocycles. The number of nitrogens with zero attached hydrogens (tertiary/aromatic N) is 4. The number of benzene rings is 1. The zero-order valence-electron chi connectivity index (χ0n) is 20.1. The Hall–Kier alpha value is -3.34. The summed E-state index contributed by atoms with van der Waals surface area (Å²) >= 11 is 1.52. The fourth-order valence-electron chi connectivity index (χ4n) is 4.26. The van der Waals surface area contributed by atoms with Gasteiger partial charge in [-0.25, -0.2) is 9.98 Å². The first-order valence-corrected chi connectivity index (χ1v) is 13.1. The Labute approximate surface area is 214 Å². The molecule has 0 bridgehead atoms. The molecule has 5 rings (SSSR count). The largest absolute Gasteiger partial charge is 0.378 e. The van der Waals surface area contributed by atoms with Crippen LogP contribution in [-0.2, 0) is 11.3 Å². The molecule has 0 atom stereocenters. The quantitative estimate of drug-likeness (QED) is 0.667. The van der Waals surface area contributed by atoms with Gasteiger partial charge in [-0.05, 0) is 42.0 Å². The summed E-state index contributed by atoms with van der Waals surface area (Å²) in [5, 5.41) is 6.54. The number of allylic oxidation sites excluding steroid dienone is 1. The van der Waals surface area contributed by atoms with E-state index in [1.165, 1.54) is 11.3 Å². The van der Waals surface area contributed by atoms with Gasteiger partial charge < -0.3 is 25.2 Å². The number of ether oxygens (including phenoxy) is 1. The van der Waals surface area contributed by atoms with Crippen molar-refractivity contribution in [3.8, 4) is 0 Å².